The molecule has 2 aliphatic rings. The highest BCUT2D eigenvalue weighted by molar-refractivity contribution is 6.47. The fourth-order valence-corrected chi connectivity index (χ4v) is 2.56. The first-order valence-corrected chi connectivity index (χ1v) is 6.32. The third-order valence-electron chi connectivity index (χ3n) is 3.01. The first-order chi connectivity index (χ1) is 7.63. The molecule has 0 spiro atoms. The molecule has 0 aromatic heterocycles. The average molecular weight is 262 g/mol. The van der Waals surface area contributed by atoms with E-state index in [-0.39, 0.29) is 17.9 Å². The minimum atomic E-state index is -0.911. The molecule has 3 nitrogen and oxygen atoms in total. The van der Waals surface area contributed by atoms with E-state index in [4.69, 9.17) is 23.2 Å². The van der Waals surface area contributed by atoms with Gasteiger partial charge in [-0.25, -0.2) is 0 Å². The molecule has 0 saturated carbocycles. The Morgan fingerprint density at radius 1 is 1.12 bits per heavy atom. The highest BCUT2D eigenvalue weighted by Gasteiger charge is 2.47. The zero-order chi connectivity index (χ0) is 11.7. The van der Waals surface area contributed by atoms with Crippen molar-refractivity contribution in [2.45, 2.75) is 42.5 Å². The normalized spacial score (nSPS) is 35.6. The van der Waals surface area contributed by atoms with Gasteiger partial charge in [0, 0.05) is 0 Å². The van der Waals surface area contributed by atoms with Crippen molar-refractivity contribution in [3.8, 4) is 0 Å². The molecule has 2 amide bonds. The second-order valence-corrected chi connectivity index (χ2v) is 5.07. The number of halogens is 2. The largest absolute Gasteiger partial charge is 0.273 e. The summed E-state index contributed by atoms with van der Waals surface area (Å²) in [6, 6.07) is -0.160. The lowest BCUT2D eigenvalue weighted by molar-refractivity contribution is -0.140. The molecule has 1 aliphatic carbocycles. The molecular weight excluding hydrogens is 249 g/mol. The number of carbonyl (C=O) groups excluding carboxylic acids is 2. The number of hydrogen-bond donors (Lipinski definition) is 0. The first-order valence-electron chi connectivity index (χ1n) is 5.44. The Morgan fingerprint density at radius 2 is 1.75 bits per heavy atom. The minimum Gasteiger partial charge on any atom is -0.273 e. The highest BCUT2D eigenvalue weighted by Crippen LogP contribution is 2.28. The summed E-state index contributed by atoms with van der Waals surface area (Å²) in [5.41, 5.74) is 0. The molecule has 3 unspecified atom stereocenters. The summed E-state index contributed by atoms with van der Waals surface area (Å²) in [6.07, 6.45) is 7.85. The molecule has 1 fully saturated rings. The molecule has 1 saturated heterocycles. The van der Waals surface area contributed by atoms with Crippen molar-refractivity contribution in [1.82, 2.24) is 4.90 Å². The van der Waals surface area contributed by atoms with Crippen LogP contribution in [0.1, 0.15) is 25.7 Å². The average Bonchev–Trinajstić information content (AvgIpc) is 2.54. The summed E-state index contributed by atoms with van der Waals surface area (Å²) < 4.78 is 0. The maximum Gasteiger partial charge on any atom is 0.249 e. The smallest absolute Gasteiger partial charge is 0.249 e. The van der Waals surface area contributed by atoms with Gasteiger partial charge in [-0.1, -0.05) is 18.6 Å². The molecule has 2 rings (SSSR count). The van der Waals surface area contributed by atoms with Gasteiger partial charge in [0.1, 0.15) is 10.8 Å². The van der Waals surface area contributed by atoms with E-state index >= 15 is 0 Å². The van der Waals surface area contributed by atoms with Crippen LogP contribution in [0.3, 0.4) is 0 Å². The van der Waals surface area contributed by atoms with Gasteiger partial charge in [0.25, 0.3) is 0 Å². The van der Waals surface area contributed by atoms with Crippen LogP contribution in [0.5, 0.6) is 0 Å². The highest BCUT2D eigenvalue weighted by atomic mass is 35.5. The van der Waals surface area contributed by atoms with Gasteiger partial charge in [0.15, 0.2) is 0 Å². The van der Waals surface area contributed by atoms with Crippen molar-refractivity contribution < 1.29 is 9.59 Å². The van der Waals surface area contributed by atoms with Gasteiger partial charge in [-0.2, -0.15) is 0 Å². The van der Waals surface area contributed by atoms with Gasteiger partial charge in [-0.15, -0.1) is 23.2 Å². The third-order valence-corrected chi connectivity index (χ3v) is 4.02. The van der Waals surface area contributed by atoms with Crippen LogP contribution in [-0.2, 0) is 9.59 Å². The summed E-state index contributed by atoms with van der Waals surface area (Å²) in [7, 11) is 0. The van der Waals surface area contributed by atoms with Crippen LogP contribution in [-0.4, -0.2) is 33.5 Å². The Labute approximate surface area is 104 Å². The number of likely N-dealkylation sites (tertiary alicyclic amines) is 1. The number of carbonyl (C=O) groups is 2. The SMILES string of the molecule is O=C1C(Cl)C(Cl)C(=O)N1C1C=CCCCC1. The quantitative estimate of drug-likeness (QED) is 0.412. The Kier molecular flexibility index (Phi) is 3.55. The standard InChI is InChI=1S/C11H13Cl2NO2/c12-8-9(13)11(16)14(10(8)15)7-5-3-1-2-4-6-7/h3,5,7-9H,1-2,4,6H2. The molecular formula is C11H13Cl2NO2. The van der Waals surface area contributed by atoms with Crippen molar-refractivity contribution >= 4 is 35.0 Å². The lowest BCUT2D eigenvalue weighted by Crippen LogP contribution is -2.39. The zero-order valence-corrected chi connectivity index (χ0v) is 10.2. The van der Waals surface area contributed by atoms with E-state index in [0.29, 0.717) is 0 Å². The van der Waals surface area contributed by atoms with Gasteiger partial charge < -0.3 is 0 Å². The van der Waals surface area contributed by atoms with Crippen LogP contribution in [0.4, 0.5) is 0 Å². The number of imide groups is 1. The number of amides is 2. The summed E-state index contributed by atoms with van der Waals surface area (Å²) in [6.45, 7) is 0. The number of hydrogen-bond acceptors (Lipinski definition) is 2. The second-order valence-electron chi connectivity index (χ2n) is 4.13. The summed E-state index contributed by atoms with van der Waals surface area (Å²) >= 11 is 11.6. The van der Waals surface area contributed by atoms with E-state index in [1.54, 1.807) is 0 Å². The van der Waals surface area contributed by atoms with Crippen molar-refractivity contribution in [2.75, 3.05) is 0 Å². The Hall–Kier alpha value is -0.540. The van der Waals surface area contributed by atoms with Crippen molar-refractivity contribution in [3.63, 3.8) is 0 Å². The molecule has 3 atom stereocenters. The van der Waals surface area contributed by atoms with E-state index in [0.717, 1.165) is 25.7 Å². The summed E-state index contributed by atoms with van der Waals surface area (Å²) in [5, 5.41) is -1.82. The third kappa shape index (κ3) is 1.98. The van der Waals surface area contributed by atoms with Gasteiger partial charge in [-0.05, 0) is 19.3 Å². The molecule has 88 valence electrons. The Balaban J connectivity index is 2.19. The molecule has 0 N–H and O–H groups in total. The van der Waals surface area contributed by atoms with E-state index in [1.807, 2.05) is 12.2 Å². The first kappa shape index (κ1) is 11.9. The van der Waals surface area contributed by atoms with E-state index < -0.39 is 10.8 Å². The van der Waals surface area contributed by atoms with Crippen molar-refractivity contribution in [2.24, 2.45) is 0 Å². The van der Waals surface area contributed by atoms with E-state index in [9.17, 15) is 9.59 Å². The maximum atomic E-state index is 11.8. The predicted octanol–water partition coefficient (Wildman–Crippen LogP) is 2.07. The second kappa shape index (κ2) is 4.76. The summed E-state index contributed by atoms with van der Waals surface area (Å²) in [5.74, 6) is -0.716. The van der Waals surface area contributed by atoms with Gasteiger partial charge >= 0.3 is 0 Å². The van der Waals surface area contributed by atoms with Gasteiger partial charge in [0.05, 0.1) is 6.04 Å². The molecule has 0 radical (unpaired) electrons. The lowest BCUT2D eigenvalue weighted by atomic mass is 10.1. The van der Waals surface area contributed by atoms with Gasteiger partial charge in [0.2, 0.25) is 11.8 Å². The van der Waals surface area contributed by atoms with Crippen LogP contribution >= 0.6 is 23.2 Å². The fourth-order valence-electron chi connectivity index (χ4n) is 2.13. The molecule has 0 bridgehead atoms. The maximum absolute atomic E-state index is 11.8. The van der Waals surface area contributed by atoms with Crippen molar-refractivity contribution in [3.05, 3.63) is 12.2 Å². The number of allylic oxidation sites excluding steroid dienone is 1. The van der Waals surface area contributed by atoms with Crippen LogP contribution in [0, 0.1) is 0 Å². The van der Waals surface area contributed by atoms with Crippen molar-refractivity contribution in [1.29, 1.82) is 0 Å². The molecule has 1 heterocycles. The molecule has 16 heavy (non-hydrogen) atoms. The summed E-state index contributed by atoms with van der Waals surface area (Å²) in [4.78, 5) is 24.8. The van der Waals surface area contributed by atoms with Crippen LogP contribution < -0.4 is 0 Å². The number of alkyl halides is 2. The Bertz CT molecular complexity index is 323. The minimum absolute atomic E-state index is 0.160. The van der Waals surface area contributed by atoms with Crippen LogP contribution in [0.25, 0.3) is 0 Å². The van der Waals surface area contributed by atoms with E-state index in [2.05, 4.69) is 0 Å². The van der Waals surface area contributed by atoms with Crippen LogP contribution in [0.2, 0.25) is 0 Å². The zero-order valence-electron chi connectivity index (χ0n) is 8.73. The van der Waals surface area contributed by atoms with Gasteiger partial charge in [-0.3, -0.25) is 14.5 Å². The van der Waals surface area contributed by atoms with E-state index in [1.165, 1.54) is 4.90 Å². The fraction of sp³-hybridized carbons (Fsp3) is 0.636. The molecule has 0 aromatic carbocycles. The molecule has 5 heteroatoms. The number of nitrogens with zero attached hydrogens (tertiary/aromatic N) is 1. The predicted molar refractivity (Wildman–Crippen MR) is 62.5 cm³/mol. The molecule has 1 aliphatic heterocycles. The monoisotopic (exact) mass is 261 g/mol. The topological polar surface area (TPSA) is 37.4 Å². The van der Waals surface area contributed by atoms with Crippen LogP contribution in [0.15, 0.2) is 12.2 Å². The number of rotatable bonds is 1. The lowest BCUT2D eigenvalue weighted by Gasteiger charge is -2.22. The Morgan fingerprint density at radius 3 is 2.38 bits per heavy atom. The molecule has 0 aromatic rings.